The Morgan fingerprint density at radius 3 is 2.73 bits per heavy atom. The van der Waals surface area contributed by atoms with Crippen molar-refractivity contribution < 1.29 is 24.2 Å². The van der Waals surface area contributed by atoms with Gasteiger partial charge in [0.25, 0.3) is 5.91 Å². The number of ether oxygens (including phenoxy) is 1. The Morgan fingerprint density at radius 1 is 1.38 bits per heavy atom. The predicted molar refractivity (Wildman–Crippen MR) is 90.7 cm³/mol. The molecule has 1 saturated carbocycles. The highest BCUT2D eigenvalue weighted by Crippen LogP contribution is 2.40. The molecule has 9 heteroatoms. The normalized spacial score (nSPS) is 20.1. The quantitative estimate of drug-likeness (QED) is 0.766. The summed E-state index contributed by atoms with van der Waals surface area (Å²) in [5, 5.41) is 13.3. The van der Waals surface area contributed by atoms with E-state index < -0.39 is 12.1 Å². The van der Waals surface area contributed by atoms with Gasteiger partial charge in [-0.3, -0.25) is 19.1 Å². The zero-order chi connectivity index (χ0) is 18.8. The molecule has 1 aliphatic carbocycles. The van der Waals surface area contributed by atoms with Crippen LogP contribution < -0.4 is 0 Å². The number of carboxylic acids is 1. The Bertz CT molecular complexity index is 712. The smallest absolute Gasteiger partial charge is 0.323 e. The summed E-state index contributed by atoms with van der Waals surface area (Å²) in [5.41, 5.74) is 1.51. The third kappa shape index (κ3) is 4.21. The third-order valence-electron chi connectivity index (χ3n) is 4.75. The second-order valence-electron chi connectivity index (χ2n) is 6.89. The van der Waals surface area contributed by atoms with Gasteiger partial charge in [0.05, 0.1) is 12.7 Å². The van der Waals surface area contributed by atoms with E-state index >= 15 is 0 Å². The van der Waals surface area contributed by atoms with Crippen LogP contribution in [0.4, 0.5) is 0 Å². The molecule has 1 N–H and O–H groups in total. The molecule has 1 atom stereocenters. The molecule has 0 radical (unpaired) electrons. The van der Waals surface area contributed by atoms with Crippen molar-refractivity contribution in [3.8, 4) is 0 Å². The molecule has 2 amide bonds. The molecule has 0 aromatic carbocycles. The largest absolute Gasteiger partial charge is 0.480 e. The van der Waals surface area contributed by atoms with Crippen LogP contribution in [0.25, 0.3) is 0 Å². The lowest BCUT2D eigenvalue weighted by molar-refractivity contribution is -0.145. The number of amides is 2. The number of morpholine rings is 1. The number of nitrogens with zero attached hydrogens (tertiary/aromatic N) is 4. The minimum absolute atomic E-state index is 0.140. The molecule has 1 aromatic rings. The molecule has 2 aliphatic rings. The van der Waals surface area contributed by atoms with E-state index in [1.165, 1.54) is 11.8 Å². The maximum atomic E-state index is 12.8. The molecule has 1 unspecified atom stereocenters. The topological polar surface area (TPSA) is 105 Å². The fourth-order valence-corrected chi connectivity index (χ4v) is 3.24. The Hall–Kier alpha value is -2.42. The van der Waals surface area contributed by atoms with Gasteiger partial charge in [-0.1, -0.05) is 0 Å². The molecule has 3 rings (SSSR count). The highest BCUT2D eigenvalue weighted by molar-refractivity contribution is 5.92. The van der Waals surface area contributed by atoms with Gasteiger partial charge in [-0.05, 0) is 18.9 Å². The van der Waals surface area contributed by atoms with Gasteiger partial charge < -0.3 is 19.6 Å². The van der Waals surface area contributed by atoms with Gasteiger partial charge >= 0.3 is 5.97 Å². The number of carboxylic acid groups (broad SMARTS) is 1. The van der Waals surface area contributed by atoms with Gasteiger partial charge in [-0.2, -0.15) is 5.10 Å². The van der Waals surface area contributed by atoms with Gasteiger partial charge in [-0.15, -0.1) is 0 Å². The van der Waals surface area contributed by atoms with Gasteiger partial charge in [0, 0.05) is 45.2 Å². The molecular weight excluding hydrogens is 340 g/mol. The van der Waals surface area contributed by atoms with Gasteiger partial charge in [0.2, 0.25) is 5.91 Å². The first-order chi connectivity index (χ1) is 12.3. The number of aryl methyl sites for hydroxylation is 1. The zero-order valence-electron chi connectivity index (χ0n) is 15.1. The van der Waals surface area contributed by atoms with Crippen LogP contribution >= 0.6 is 0 Å². The number of carbonyl (C=O) groups is 3. The number of hydrogen-bond donors (Lipinski definition) is 1. The lowest BCUT2D eigenvalue weighted by Crippen LogP contribution is -2.51. The maximum absolute atomic E-state index is 12.8. The van der Waals surface area contributed by atoms with Crippen LogP contribution in [0, 0.1) is 0 Å². The molecule has 142 valence electrons. The second-order valence-corrected chi connectivity index (χ2v) is 6.89. The van der Waals surface area contributed by atoms with Crippen molar-refractivity contribution >= 4 is 17.8 Å². The van der Waals surface area contributed by atoms with Crippen LogP contribution in [0.1, 0.15) is 41.9 Å². The van der Waals surface area contributed by atoms with Gasteiger partial charge in [0.15, 0.2) is 5.69 Å². The molecule has 1 aliphatic heterocycles. The van der Waals surface area contributed by atoms with Gasteiger partial charge in [-0.25, -0.2) is 0 Å². The predicted octanol–water partition coefficient (Wildman–Crippen LogP) is 0.0716. The molecule has 0 spiro atoms. The molecule has 26 heavy (non-hydrogen) atoms. The summed E-state index contributed by atoms with van der Waals surface area (Å²) in [6.45, 7) is 2.18. The zero-order valence-corrected chi connectivity index (χ0v) is 15.1. The molecule has 9 nitrogen and oxygen atoms in total. The fourth-order valence-electron chi connectivity index (χ4n) is 3.24. The summed E-state index contributed by atoms with van der Waals surface area (Å²) >= 11 is 0. The molecule has 1 aromatic heterocycles. The summed E-state index contributed by atoms with van der Waals surface area (Å²) in [6, 6.07) is 1.86. The molecule has 2 heterocycles. The van der Waals surface area contributed by atoms with Crippen LogP contribution in [-0.2, 0) is 21.4 Å². The Morgan fingerprint density at radius 2 is 2.12 bits per heavy atom. The summed E-state index contributed by atoms with van der Waals surface area (Å²) in [4.78, 5) is 38.2. The lowest BCUT2D eigenvalue weighted by Gasteiger charge is -2.34. The van der Waals surface area contributed by atoms with Gasteiger partial charge in [0.1, 0.15) is 6.54 Å². The Balaban J connectivity index is 1.63. The fraction of sp³-hybridized carbons (Fsp3) is 0.647. The van der Waals surface area contributed by atoms with Crippen LogP contribution in [0.5, 0.6) is 0 Å². The van der Waals surface area contributed by atoms with E-state index in [-0.39, 0.29) is 24.9 Å². The minimum Gasteiger partial charge on any atom is -0.480 e. The monoisotopic (exact) mass is 364 g/mol. The van der Waals surface area contributed by atoms with Crippen LogP contribution in [0.15, 0.2) is 6.07 Å². The molecule has 0 bridgehead atoms. The minimum atomic E-state index is -1.08. The highest BCUT2D eigenvalue weighted by atomic mass is 16.5. The first-order valence-corrected chi connectivity index (χ1v) is 8.77. The van der Waals surface area contributed by atoms with Crippen molar-refractivity contribution in [1.82, 2.24) is 19.6 Å². The van der Waals surface area contributed by atoms with Crippen molar-refractivity contribution in [2.24, 2.45) is 7.05 Å². The second kappa shape index (κ2) is 7.45. The first-order valence-electron chi connectivity index (χ1n) is 8.77. The van der Waals surface area contributed by atoms with Crippen LogP contribution in [0.3, 0.4) is 0 Å². The van der Waals surface area contributed by atoms with Crippen LogP contribution in [0.2, 0.25) is 0 Å². The van der Waals surface area contributed by atoms with E-state index in [2.05, 4.69) is 5.10 Å². The number of rotatable bonds is 6. The Kier molecular flexibility index (Phi) is 5.26. The summed E-state index contributed by atoms with van der Waals surface area (Å²) < 4.78 is 7.40. The van der Waals surface area contributed by atoms with Crippen molar-refractivity contribution in [3.63, 3.8) is 0 Å². The number of aromatic nitrogens is 2. The molecule has 2 fully saturated rings. The standard InChI is InChI=1S/C17H24N4O5/c1-11(22)21(10-16(23)24)9-13-8-20(5-6-26-13)17(25)14-7-15(12-3-4-12)19(2)18-14/h7,12-13H,3-6,8-10H2,1-2H3,(H,23,24). The van der Waals surface area contributed by atoms with E-state index in [0.29, 0.717) is 31.3 Å². The molecular formula is C17H24N4O5. The third-order valence-corrected chi connectivity index (χ3v) is 4.75. The Labute approximate surface area is 151 Å². The van der Waals surface area contributed by atoms with E-state index in [9.17, 15) is 14.4 Å². The van der Waals surface area contributed by atoms with E-state index in [1.807, 2.05) is 13.1 Å². The summed E-state index contributed by atoms with van der Waals surface area (Å²) in [6.07, 6.45) is 1.86. The van der Waals surface area contributed by atoms with Crippen molar-refractivity contribution in [3.05, 3.63) is 17.5 Å². The number of aliphatic carboxylic acids is 1. The maximum Gasteiger partial charge on any atom is 0.323 e. The number of hydrogen-bond acceptors (Lipinski definition) is 5. The van der Waals surface area contributed by atoms with Crippen LogP contribution in [-0.4, -0.2) is 81.4 Å². The highest BCUT2D eigenvalue weighted by Gasteiger charge is 2.32. The summed E-state index contributed by atoms with van der Waals surface area (Å²) in [7, 11) is 1.85. The molecule has 1 saturated heterocycles. The lowest BCUT2D eigenvalue weighted by atomic mass is 10.2. The van der Waals surface area contributed by atoms with E-state index in [0.717, 1.165) is 18.5 Å². The van der Waals surface area contributed by atoms with E-state index in [4.69, 9.17) is 9.84 Å². The SMILES string of the molecule is CC(=O)N(CC(=O)O)CC1CN(C(=O)c2cc(C3CC3)n(C)n2)CCO1. The first kappa shape index (κ1) is 18.4. The van der Waals surface area contributed by atoms with Crippen molar-refractivity contribution in [2.75, 3.05) is 32.8 Å². The average Bonchev–Trinajstić information content (AvgIpc) is 3.35. The summed E-state index contributed by atoms with van der Waals surface area (Å²) in [5.74, 6) is -1.07. The van der Waals surface area contributed by atoms with E-state index in [1.54, 1.807) is 9.58 Å². The number of carbonyl (C=O) groups excluding carboxylic acids is 2. The van der Waals surface area contributed by atoms with Crippen molar-refractivity contribution in [1.29, 1.82) is 0 Å². The van der Waals surface area contributed by atoms with Crippen molar-refractivity contribution in [2.45, 2.75) is 31.8 Å². The average molecular weight is 364 g/mol.